The predicted octanol–water partition coefficient (Wildman–Crippen LogP) is 1.47. The molecule has 8 nitrogen and oxygen atoms in total. The molecule has 1 aliphatic rings. The average Bonchev–Trinajstić information content (AvgIpc) is 3.30. The van der Waals surface area contributed by atoms with Gasteiger partial charge < -0.3 is 15.3 Å². The summed E-state index contributed by atoms with van der Waals surface area (Å²) < 4.78 is 0. The summed E-state index contributed by atoms with van der Waals surface area (Å²) in [6.45, 7) is 1.28. The Labute approximate surface area is 126 Å². The van der Waals surface area contributed by atoms with E-state index in [2.05, 4.69) is 5.32 Å². The van der Waals surface area contributed by atoms with E-state index in [1.54, 1.807) is 6.07 Å². The number of para-hydroxylation sites is 2. The third kappa shape index (κ3) is 3.51. The molecule has 1 aromatic carbocycles. The van der Waals surface area contributed by atoms with Crippen molar-refractivity contribution in [3.05, 3.63) is 34.4 Å². The number of amides is 1. The molecule has 0 aromatic heterocycles. The van der Waals surface area contributed by atoms with E-state index in [-0.39, 0.29) is 29.9 Å². The first-order valence-electron chi connectivity index (χ1n) is 6.93. The van der Waals surface area contributed by atoms with Crippen molar-refractivity contribution >= 4 is 23.3 Å². The molecule has 1 aliphatic carbocycles. The zero-order valence-corrected chi connectivity index (χ0v) is 12.1. The predicted molar refractivity (Wildman–Crippen MR) is 78.6 cm³/mol. The number of nitrogens with zero attached hydrogens (tertiary/aromatic N) is 2. The molecular formula is C14H17N3O5. The maximum atomic E-state index is 12.3. The van der Waals surface area contributed by atoms with Gasteiger partial charge in [0.1, 0.15) is 11.7 Å². The SMILES string of the molecule is CC(C(=O)O)N(C(=O)CNc1ccccc1[N+](=O)[O-])C1CC1. The van der Waals surface area contributed by atoms with E-state index in [0.717, 1.165) is 12.8 Å². The monoisotopic (exact) mass is 307 g/mol. The van der Waals surface area contributed by atoms with Crippen molar-refractivity contribution in [2.45, 2.75) is 31.8 Å². The van der Waals surface area contributed by atoms with Gasteiger partial charge in [0.15, 0.2) is 0 Å². The number of rotatable bonds is 7. The number of anilines is 1. The molecule has 0 aliphatic heterocycles. The first-order valence-corrected chi connectivity index (χ1v) is 6.93. The van der Waals surface area contributed by atoms with Crippen molar-refractivity contribution < 1.29 is 19.6 Å². The van der Waals surface area contributed by atoms with Gasteiger partial charge in [-0.05, 0) is 25.8 Å². The lowest BCUT2D eigenvalue weighted by atomic mass is 10.2. The van der Waals surface area contributed by atoms with Gasteiger partial charge in [0.05, 0.1) is 11.5 Å². The number of hydrogen-bond acceptors (Lipinski definition) is 5. The molecule has 118 valence electrons. The fraction of sp³-hybridized carbons (Fsp3) is 0.429. The van der Waals surface area contributed by atoms with E-state index in [1.165, 1.54) is 30.0 Å². The molecule has 1 unspecified atom stereocenters. The van der Waals surface area contributed by atoms with E-state index in [9.17, 15) is 19.7 Å². The summed E-state index contributed by atoms with van der Waals surface area (Å²) in [4.78, 5) is 35.1. The van der Waals surface area contributed by atoms with Crippen LogP contribution in [0.25, 0.3) is 0 Å². The second-order valence-corrected chi connectivity index (χ2v) is 5.17. The summed E-state index contributed by atoms with van der Waals surface area (Å²) in [5.41, 5.74) is 0.110. The van der Waals surface area contributed by atoms with Crippen LogP contribution >= 0.6 is 0 Å². The van der Waals surface area contributed by atoms with Gasteiger partial charge in [0, 0.05) is 12.1 Å². The molecule has 0 radical (unpaired) electrons. The highest BCUT2D eigenvalue weighted by atomic mass is 16.6. The summed E-state index contributed by atoms with van der Waals surface area (Å²) in [6.07, 6.45) is 1.57. The number of carboxylic acids is 1. The Morgan fingerprint density at radius 2 is 2.09 bits per heavy atom. The minimum Gasteiger partial charge on any atom is -0.480 e. The van der Waals surface area contributed by atoms with Gasteiger partial charge in [-0.3, -0.25) is 14.9 Å². The number of nitro groups is 1. The highest BCUT2D eigenvalue weighted by Gasteiger charge is 2.38. The Morgan fingerprint density at radius 3 is 2.64 bits per heavy atom. The second kappa shape index (κ2) is 6.42. The minimum absolute atomic E-state index is 0.0499. The number of benzene rings is 1. The maximum Gasteiger partial charge on any atom is 0.326 e. The van der Waals surface area contributed by atoms with Crippen LogP contribution in [0.3, 0.4) is 0 Å². The Bertz CT molecular complexity index is 600. The highest BCUT2D eigenvalue weighted by molar-refractivity contribution is 5.87. The van der Waals surface area contributed by atoms with Crippen molar-refractivity contribution in [1.82, 2.24) is 4.90 Å². The lowest BCUT2D eigenvalue weighted by Gasteiger charge is -2.26. The average molecular weight is 307 g/mol. The molecule has 2 N–H and O–H groups in total. The van der Waals surface area contributed by atoms with Crippen LogP contribution in [0.1, 0.15) is 19.8 Å². The molecule has 1 fully saturated rings. The quantitative estimate of drug-likeness (QED) is 0.582. The van der Waals surface area contributed by atoms with Crippen LogP contribution < -0.4 is 5.32 Å². The largest absolute Gasteiger partial charge is 0.480 e. The summed E-state index contributed by atoms with van der Waals surface area (Å²) in [6, 6.07) is 5.05. The number of nitrogens with one attached hydrogen (secondary N) is 1. The van der Waals surface area contributed by atoms with Gasteiger partial charge in [-0.1, -0.05) is 12.1 Å². The molecule has 0 spiro atoms. The molecule has 0 saturated heterocycles. The molecule has 1 amide bonds. The van der Waals surface area contributed by atoms with Crippen LogP contribution in [0.15, 0.2) is 24.3 Å². The number of hydrogen-bond donors (Lipinski definition) is 2. The van der Waals surface area contributed by atoms with Crippen molar-refractivity contribution in [2.24, 2.45) is 0 Å². The van der Waals surface area contributed by atoms with Crippen LogP contribution in [0.4, 0.5) is 11.4 Å². The van der Waals surface area contributed by atoms with Crippen LogP contribution in [-0.2, 0) is 9.59 Å². The topological polar surface area (TPSA) is 113 Å². The lowest BCUT2D eigenvalue weighted by molar-refractivity contribution is -0.383. The third-order valence-electron chi connectivity index (χ3n) is 3.53. The Morgan fingerprint density at radius 1 is 1.45 bits per heavy atom. The Hall–Kier alpha value is -2.64. The zero-order chi connectivity index (χ0) is 16.3. The first kappa shape index (κ1) is 15.7. The van der Waals surface area contributed by atoms with Gasteiger partial charge in [-0.15, -0.1) is 0 Å². The smallest absolute Gasteiger partial charge is 0.326 e. The van der Waals surface area contributed by atoms with E-state index in [4.69, 9.17) is 5.11 Å². The lowest BCUT2D eigenvalue weighted by Crippen LogP contribution is -2.47. The van der Waals surface area contributed by atoms with Crippen LogP contribution in [0, 0.1) is 10.1 Å². The van der Waals surface area contributed by atoms with Gasteiger partial charge >= 0.3 is 5.97 Å². The molecule has 1 saturated carbocycles. The first-order chi connectivity index (χ1) is 10.4. The molecule has 1 aromatic rings. The highest BCUT2D eigenvalue weighted by Crippen LogP contribution is 2.29. The molecule has 0 heterocycles. The summed E-state index contributed by atoms with van der Waals surface area (Å²) >= 11 is 0. The van der Waals surface area contributed by atoms with E-state index in [0.29, 0.717) is 0 Å². The number of carbonyl (C=O) groups excluding carboxylic acids is 1. The fourth-order valence-corrected chi connectivity index (χ4v) is 2.25. The summed E-state index contributed by atoms with van der Waals surface area (Å²) in [5, 5.41) is 22.7. The third-order valence-corrected chi connectivity index (χ3v) is 3.53. The number of aliphatic carboxylic acids is 1. The molecule has 2 rings (SSSR count). The molecule has 8 heteroatoms. The van der Waals surface area contributed by atoms with Gasteiger partial charge in [0.25, 0.3) is 5.69 Å². The van der Waals surface area contributed by atoms with E-state index in [1.807, 2.05) is 0 Å². The molecular weight excluding hydrogens is 290 g/mol. The minimum atomic E-state index is -1.06. The Kier molecular flexibility index (Phi) is 4.59. The summed E-state index contributed by atoms with van der Waals surface area (Å²) in [7, 11) is 0. The van der Waals surface area contributed by atoms with Gasteiger partial charge in [0.2, 0.25) is 5.91 Å². The van der Waals surface area contributed by atoms with Crippen LogP contribution in [0.5, 0.6) is 0 Å². The number of carboxylic acid groups (broad SMARTS) is 1. The van der Waals surface area contributed by atoms with E-state index >= 15 is 0 Å². The fourth-order valence-electron chi connectivity index (χ4n) is 2.25. The molecule has 22 heavy (non-hydrogen) atoms. The van der Waals surface area contributed by atoms with Crippen LogP contribution in [0.2, 0.25) is 0 Å². The summed E-state index contributed by atoms with van der Waals surface area (Å²) in [5.74, 6) is -1.44. The van der Waals surface area contributed by atoms with Crippen molar-refractivity contribution in [1.29, 1.82) is 0 Å². The number of carbonyl (C=O) groups is 2. The zero-order valence-electron chi connectivity index (χ0n) is 12.1. The number of nitro benzene ring substituents is 1. The normalized spacial score (nSPS) is 15.0. The molecule has 0 bridgehead atoms. The van der Waals surface area contributed by atoms with Crippen molar-refractivity contribution in [3.63, 3.8) is 0 Å². The van der Waals surface area contributed by atoms with Gasteiger partial charge in [-0.2, -0.15) is 0 Å². The van der Waals surface area contributed by atoms with Crippen molar-refractivity contribution in [3.8, 4) is 0 Å². The molecule has 1 atom stereocenters. The Balaban J connectivity index is 2.05. The second-order valence-electron chi connectivity index (χ2n) is 5.17. The van der Waals surface area contributed by atoms with E-state index < -0.39 is 16.9 Å². The van der Waals surface area contributed by atoms with Gasteiger partial charge in [-0.25, -0.2) is 4.79 Å². The standard InChI is InChI=1S/C14H17N3O5/c1-9(14(19)20)16(10-6-7-10)13(18)8-15-11-4-2-3-5-12(11)17(21)22/h2-5,9-10,15H,6-8H2,1H3,(H,19,20). The maximum absolute atomic E-state index is 12.3. The van der Waals surface area contributed by atoms with Crippen LogP contribution in [-0.4, -0.2) is 45.4 Å². The van der Waals surface area contributed by atoms with Crippen molar-refractivity contribution in [2.75, 3.05) is 11.9 Å².